The molecule has 0 aliphatic rings. The number of hydrogen-bond donors (Lipinski definition) is 3. The van der Waals surface area contributed by atoms with Crippen molar-refractivity contribution in [2.75, 3.05) is 11.1 Å². The minimum absolute atomic E-state index is 0.0310. The minimum atomic E-state index is -0.632. The van der Waals surface area contributed by atoms with Gasteiger partial charge in [-0.15, -0.1) is 0 Å². The summed E-state index contributed by atoms with van der Waals surface area (Å²) in [6.45, 7) is 5.64. The number of ether oxygens (including phenoxy) is 1. The van der Waals surface area contributed by atoms with E-state index in [-0.39, 0.29) is 45.8 Å². The molecule has 3 aromatic carbocycles. The van der Waals surface area contributed by atoms with E-state index in [0.717, 1.165) is 0 Å². The van der Waals surface area contributed by atoms with E-state index in [2.05, 4.69) is 15.3 Å². The van der Waals surface area contributed by atoms with Crippen molar-refractivity contribution in [3.05, 3.63) is 112 Å². The lowest BCUT2D eigenvalue weighted by Crippen LogP contribution is -2.19. The summed E-state index contributed by atoms with van der Waals surface area (Å²) in [6.07, 6.45) is 1.26. The molecule has 5 aromatic rings. The first-order valence-corrected chi connectivity index (χ1v) is 12.8. The number of nitrogens with one attached hydrogen (secondary N) is 2. The normalized spacial score (nSPS) is 11.9. The molecule has 0 aliphatic carbocycles. The zero-order chi connectivity index (χ0) is 28.4. The van der Waals surface area contributed by atoms with Crippen molar-refractivity contribution in [3.8, 4) is 16.9 Å². The fourth-order valence-corrected chi connectivity index (χ4v) is 4.55. The van der Waals surface area contributed by atoms with E-state index in [4.69, 9.17) is 20.3 Å². The van der Waals surface area contributed by atoms with Gasteiger partial charge in [0.05, 0.1) is 34.4 Å². The van der Waals surface area contributed by atoms with Gasteiger partial charge in [-0.1, -0.05) is 36.4 Å². The predicted molar refractivity (Wildman–Crippen MR) is 154 cm³/mol. The Labute approximate surface area is 230 Å². The number of rotatable bonds is 8. The molecular weight excluding hydrogens is 509 g/mol. The Morgan fingerprint density at radius 2 is 1.80 bits per heavy atom. The molecule has 0 spiro atoms. The number of nitrogens with zero attached hydrogens (tertiary/aromatic N) is 2. The minimum Gasteiger partial charge on any atom is -0.491 e. The molecule has 0 radical (unpaired) electrons. The third-order valence-electron chi connectivity index (χ3n) is 6.31. The third kappa shape index (κ3) is 5.26. The smallest absolute Gasteiger partial charge is 0.200 e. The monoisotopic (exact) mass is 537 g/mol. The van der Waals surface area contributed by atoms with Gasteiger partial charge >= 0.3 is 0 Å². The summed E-state index contributed by atoms with van der Waals surface area (Å²) < 4.78 is 26.2. The molecule has 1 unspecified atom stereocenters. The van der Waals surface area contributed by atoms with E-state index >= 15 is 0 Å². The number of halogens is 1. The maximum absolute atomic E-state index is 14.2. The topological polar surface area (TPSA) is 127 Å². The second-order valence-corrected chi connectivity index (χ2v) is 9.59. The lowest BCUT2D eigenvalue weighted by atomic mass is 9.98. The number of hydrogen-bond acceptors (Lipinski definition) is 8. The Balaban J connectivity index is 1.59. The number of nitrogen functional groups attached to an aromatic ring is 1. The van der Waals surface area contributed by atoms with Crippen LogP contribution >= 0.6 is 0 Å². The van der Waals surface area contributed by atoms with Crippen LogP contribution in [0.2, 0.25) is 0 Å². The molecule has 4 N–H and O–H groups in total. The third-order valence-corrected chi connectivity index (χ3v) is 6.31. The first-order valence-electron chi connectivity index (χ1n) is 12.8. The van der Waals surface area contributed by atoms with Gasteiger partial charge in [0.15, 0.2) is 0 Å². The second kappa shape index (κ2) is 11.0. The van der Waals surface area contributed by atoms with Crippen LogP contribution < -0.4 is 21.2 Å². The molecule has 202 valence electrons. The van der Waals surface area contributed by atoms with Gasteiger partial charge in [-0.25, -0.2) is 14.4 Å². The number of anilines is 2. The maximum Gasteiger partial charge on any atom is 0.200 e. The molecule has 0 fully saturated rings. The van der Waals surface area contributed by atoms with Crippen molar-refractivity contribution in [2.24, 2.45) is 0 Å². The van der Waals surface area contributed by atoms with E-state index in [0.29, 0.717) is 27.8 Å². The average Bonchev–Trinajstić information content (AvgIpc) is 2.92. The molecule has 8 nitrogen and oxygen atoms in total. The largest absolute Gasteiger partial charge is 0.491 e. The van der Waals surface area contributed by atoms with Crippen LogP contribution in [0.5, 0.6) is 5.75 Å². The Hall–Kier alpha value is -5.05. The summed E-state index contributed by atoms with van der Waals surface area (Å²) >= 11 is 0. The number of nitrogens with two attached hydrogens (primary N) is 1. The summed E-state index contributed by atoms with van der Waals surface area (Å²) in [6, 6.07) is 19.2. The van der Waals surface area contributed by atoms with Crippen LogP contribution in [0.15, 0.2) is 88.3 Å². The standard InChI is InChI=1S/C31H28FN5O3/c1-17(2)39-22-11-7-9-20(15-22)27(33)26-30(34)35-16-36-31(26)37-18(3)29-25(19-8-6-10-21(32)14-19)28(38)23-12-4-5-13-24(23)40-29/h4-18,33H,1-3H3,(H3,34,35,36,37). The Morgan fingerprint density at radius 1 is 1.02 bits per heavy atom. The van der Waals surface area contributed by atoms with Crippen molar-refractivity contribution in [1.29, 1.82) is 5.41 Å². The Bertz CT molecular complexity index is 1780. The van der Waals surface area contributed by atoms with Crippen LogP contribution in [-0.4, -0.2) is 21.8 Å². The average molecular weight is 538 g/mol. The molecule has 0 aliphatic heterocycles. The van der Waals surface area contributed by atoms with Crippen LogP contribution in [0.3, 0.4) is 0 Å². The summed E-state index contributed by atoms with van der Waals surface area (Å²) in [4.78, 5) is 22.1. The van der Waals surface area contributed by atoms with Gasteiger partial charge in [0.1, 0.15) is 40.9 Å². The quantitative estimate of drug-likeness (QED) is 0.197. The highest BCUT2D eigenvalue weighted by molar-refractivity contribution is 6.16. The molecule has 5 rings (SSSR count). The fraction of sp³-hybridized carbons (Fsp3) is 0.161. The van der Waals surface area contributed by atoms with Gasteiger partial charge in [0.25, 0.3) is 0 Å². The lowest BCUT2D eigenvalue weighted by molar-refractivity contribution is 0.242. The second-order valence-electron chi connectivity index (χ2n) is 9.59. The maximum atomic E-state index is 14.2. The molecule has 2 aromatic heterocycles. The summed E-state index contributed by atoms with van der Waals surface area (Å²) in [5.74, 6) is 0.820. The van der Waals surface area contributed by atoms with Crippen molar-refractivity contribution >= 4 is 28.3 Å². The van der Waals surface area contributed by atoms with Crippen molar-refractivity contribution in [2.45, 2.75) is 32.9 Å². The van der Waals surface area contributed by atoms with Crippen LogP contribution in [-0.2, 0) is 0 Å². The van der Waals surface area contributed by atoms with Crippen LogP contribution in [0, 0.1) is 11.2 Å². The molecule has 9 heteroatoms. The van der Waals surface area contributed by atoms with Gasteiger partial charge in [0, 0.05) is 5.56 Å². The first-order chi connectivity index (χ1) is 19.2. The zero-order valence-electron chi connectivity index (χ0n) is 22.2. The highest BCUT2D eigenvalue weighted by Gasteiger charge is 2.24. The number of aromatic nitrogens is 2. The van der Waals surface area contributed by atoms with Crippen molar-refractivity contribution in [1.82, 2.24) is 9.97 Å². The molecule has 0 amide bonds. The van der Waals surface area contributed by atoms with Gasteiger partial charge in [-0.05, 0) is 62.7 Å². The Morgan fingerprint density at radius 3 is 2.58 bits per heavy atom. The lowest BCUT2D eigenvalue weighted by Gasteiger charge is -2.20. The van der Waals surface area contributed by atoms with E-state index < -0.39 is 11.9 Å². The van der Waals surface area contributed by atoms with E-state index in [1.54, 1.807) is 61.5 Å². The van der Waals surface area contributed by atoms with Crippen LogP contribution in [0.4, 0.5) is 16.0 Å². The van der Waals surface area contributed by atoms with Gasteiger partial charge in [-0.3, -0.25) is 10.2 Å². The van der Waals surface area contributed by atoms with E-state index in [1.165, 1.54) is 18.5 Å². The SMILES string of the molecule is CC(C)Oc1cccc(C(=N)c2c(N)ncnc2NC(C)c2oc3ccccc3c(=O)c2-c2cccc(F)c2)c1. The van der Waals surface area contributed by atoms with E-state index in [9.17, 15) is 9.18 Å². The predicted octanol–water partition coefficient (Wildman–Crippen LogP) is 6.35. The molecular formula is C31H28FN5O3. The molecule has 2 heterocycles. The highest BCUT2D eigenvalue weighted by Crippen LogP contribution is 2.33. The van der Waals surface area contributed by atoms with Gasteiger partial charge < -0.3 is 20.2 Å². The fourth-order valence-electron chi connectivity index (χ4n) is 4.55. The summed E-state index contributed by atoms with van der Waals surface area (Å²) in [7, 11) is 0. The highest BCUT2D eigenvalue weighted by atomic mass is 19.1. The van der Waals surface area contributed by atoms with Crippen molar-refractivity contribution in [3.63, 3.8) is 0 Å². The number of fused-ring (bicyclic) bond motifs is 1. The van der Waals surface area contributed by atoms with Gasteiger partial charge in [-0.2, -0.15) is 0 Å². The molecule has 0 bridgehead atoms. The molecule has 1 atom stereocenters. The number of para-hydroxylation sites is 1. The molecule has 40 heavy (non-hydrogen) atoms. The Kier molecular flexibility index (Phi) is 7.29. The van der Waals surface area contributed by atoms with Crippen LogP contribution in [0.1, 0.15) is 43.7 Å². The summed E-state index contributed by atoms with van der Waals surface area (Å²) in [5, 5.41) is 12.6. The molecule has 0 saturated heterocycles. The van der Waals surface area contributed by atoms with Crippen molar-refractivity contribution < 1.29 is 13.5 Å². The zero-order valence-corrected chi connectivity index (χ0v) is 22.2. The summed E-state index contributed by atoms with van der Waals surface area (Å²) in [5.41, 5.74) is 7.92. The van der Waals surface area contributed by atoms with Gasteiger partial charge in [0.2, 0.25) is 5.43 Å². The molecule has 0 saturated carbocycles. The first kappa shape index (κ1) is 26.6. The van der Waals surface area contributed by atoms with E-state index in [1.807, 2.05) is 19.9 Å². The number of benzene rings is 3. The van der Waals surface area contributed by atoms with Crippen LogP contribution in [0.25, 0.3) is 22.1 Å².